The minimum Gasteiger partial charge on any atom is -0.743 e. The number of alkyl halides is 13. The van der Waals surface area contributed by atoms with E-state index in [2.05, 4.69) is 27.7 Å². The van der Waals surface area contributed by atoms with Crippen LogP contribution in [0.1, 0.15) is 47.0 Å². The average molecular weight is 571 g/mol. The van der Waals surface area contributed by atoms with Gasteiger partial charge >= 0.3 is 35.1 Å². The molecule has 0 aromatic heterocycles. The summed E-state index contributed by atoms with van der Waals surface area (Å²) in [5.74, 6) is -29.5. The van der Waals surface area contributed by atoms with E-state index in [1.165, 1.54) is 30.7 Å². The van der Waals surface area contributed by atoms with Crippen molar-refractivity contribution < 1.29 is 74.5 Å². The molecular formula is C17H26F13NO3S. The van der Waals surface area contributed by atoms with E-state index in [0.29, 0.717) is 0 Å². The largest absolute Gasteiger partial charge is 0.743 e. The summed E-state index contributed by atoms with van der Waals surface area (Å²) < 4.78 is 196. The van der Waals surface area contributed by atoms with Gasteiger partial charge in [-0.25, -0.2) is 8.42 Å². The van der Waals surface area contributed by atoms with Gasteiger partial charge < -0.3 is 9.04 Å². The van der Waals surface area contributed by atoms with E-state index < -0.39 is 64.5 Å². The van der Waals surface area contributed by atoms with E-state index in [0.717, 1.165) is 0 Å². The molecule has 214 valence electrons. The zero-order valence-corrected chi connectivity index (χ0v) is 19.8. The van der Waals surface area contributed by atoms with Crippen molar-refractivity contribution in [2.75, 3.05) is 26.2 Å². The van der Waals surface area contributed by atoms with Crippen LogP contribution >= 0.6 is 0 Å². The van der Waals surface area contributed by atoms with Gasteiger partial charge in [0.25, 0.3) is 0 Å². The lowest BCUT2D eigenvalue weighted by Gasteiger charge is -2.39. The number of rotatable bonds is 12. The minimum atomic E-state index is -7.83. The van der Waals surface area contributed by atoms with Crippen LogP contribution in [-0.4, -0.2) is 78.8 Å². The molecule has 0 aliphatic rings. The van der Waals surface area contributed by atoms with E-state index in [1.54, 1.807) is 0 Å². The Balaban J connectivity index is 0. The van der Waals surface area contributed by atoms with Crippen LogP contribution < -0.4 is 0 Å². The van der Waals surface area contributed by atoms with E-state index in [-0.39, 0.29) is 0 Å². The van der Waals surface area contributed by atoms with Crippen LogP contribution in [0.15, 0.2) is 0 Å². The van der Waals surface area contributed by atoms with Crippen molar-refractivity contribution in [3.63, 3.8) is 0 Å². The summed E-state index contributed by atoms with van der Waals surface area (Å²) in [6.07, 6.45) is -12.2. The second-order valence-corrected chi connectivity index (χ2v) is 8.89. The molecule has 0 aromatic rings. The number of quaternary nitrogens is 1. The Hall–Kier alpha value is -1.04. The highest BCUT2D eigenvalue weighted by Gasteiger charge is 2.87. The molecule has 0 unspecified atom stereocenters. The van der Waals surface area contributed by atoms with Crippen molar-refractivity contribution in [3.05, 3.63) is 0 Å². The predicted molar refractivity (Wildman–Crippen MR) is 96.8 cm³/mol. The zero-order chi connectivity index (χ0) is 28.9. The van der Waals surface area contributed by atoms with Crippen molar-refractivity contribution in [1.82, 2.24) is 0 Å². The SMILES string of the molecule is CC[N+](CC)(CC)CC.O=S(=O)([O-])C(F)(F)C(F)(F)C(F)(F)C(F)(F)C(F)(F)CCCC(F)(F)F. The van der Waals surface area contributed by atoms with Crippen molar-refractivity contribution in [2.45, 2.75) is 82.1 Å². The molecule has 0 amide bonds. The lowest BCUT2D eigenvalue weighted by atomic mass is 9.95. The summed E-state index contributed by atoms with van der Waals surface area (Å²) >= 11 is 0. The van der Waals surface area contributed by atoms with Gasteiger partial charge in [0.15, 0.2) is 10.1 Å². The maximum atomic E-state index is 13.1. The minimum absolute atomic E-state index is 1.28. The van der Waals surface area contributed by atoms with Gasteiger partial charge in [0.05, 0.1) is 26.2 Å². The molecule has 0 atom stereocenters. The second kappa shape index (κ2) is 11.6. The molecule has 0 aliphatic carbocycles. The molecule has 0 aromatic carbocycles. The van der Waals surface area contributed by atoms with Crippen molar-refractivity contribution in [2.24, 2.45) is 0 Å². The highest BCUT2D eigenvalue weighted by atomic mass is 32.2. The van der Waals surface area contributed by atoms with Gasteiger partial charge in [0.2, 0.25) is 0 Å². The summed E-state index contributed by atoms with van der Waals surface area (Å²) in [6, 6.07) is 0. The third kappa shape index (κ3) is 7.72. The topological polar surface area (TPSA) is 57.2 Å². The first-order valence-corrected chi connectivity index (χ1v) is 11.4. The van der Waals surface area contributed by atoms with Gasteiger partial charge in [-0.15, -0.1) is 0 Å². The summed E-state index contributed by atoms with van der Waals surface area (Å²) in [7, 11) is -7.73. The normalized spacial score (nSPS) is 15.0. The molecule has 0 rings (SSSR count). The van der Waals surface area contributed by atoms with Crippen LogP contribution in [0.3, 0.4) is 0 Å². The van der Waals surface area contributed by atoms with E-state index in [9.17, 15) is 70.0 Å². The van der Waals surface area contributed by atoms with Crippen LogP contribution in [0, 0.1) is 0 Å². The van der Waals surface area contributed by atoms with Crippen LogP contribution in [0.2, 0.25) is 0 Å². The number of hydrogen-bond donors (Lipinski definition) is 0. The molecule has 0 heterocycles. The quantitative estimate of drug-likeness (QED) is 0.157. The van der Waals surface area contributed by atoms with Gasteiger partial charge in [-0.05, 0) is 34.1 Å². The van der Waals surface area contributed by atoms with Gasteiger partial charge in [0.1, 0.15) is 0 Å². The fraction of sp³-hybridized carbons (Fsp3) is 1.00. The number of hydrogen-bond acceptors (Lipinski definition) is 3. The van der Waals surface area contributed by atoms with E-state index >= 15 is 0 Å². The van der Waals surface area contributed by atoms with Crippen LogP contribution in [-0.2, 0) is 10.1 Å². The van der Waals surface area contributed by atoms with Gasteiger partial charge in [-0.2, -0.15) is 57.1 Å². The fourth-order valence-corrected chi connectivity index (χ4v) is 3.22. The Morgan fingerprint density at radius 2 is 0.943 bits per heavy atom. The fourth-order valence-electron chi connectivity index (χ4n) is 2.78. The van der Waals surface area contributed by atoms with Crippen LogP contribution in [0.5, 0.6) is 0 Å². The van der Waals surface area contributed by atoms with Gasteiger partial charge in [-0.1, -0.05) is 0 Å². The van der Waals surface area contributed by atoms with E-state index in [4.69, 9.17) is 0 Å². The third-order valence-electron chi connectivity index (χ3n) is 5.56. The molecule has 0 aliphatic heterocycles. The number of halogens is 13. The zero-order valence-electron chi connectivity index (χ0n) is 18.9. The Kier molecular flexibility index (Phi) is 11.9. The molecule has 35 heavy (non-hydrogen) atoms. The monoisotopic (exact) mass is 571 g/mol. The first-order chi connectivity index (χ1) is 15.2. The highest BCUT2D eigenvalue weighted by molar-refractivity contribution is 7.86. The summed E-state index contributed by atoms with van der Waals surface area (Å²) in [5, 5.41) is -7.44. The number of nitrogens with zero attached hydrogens (tertiary/aromatic N) is 1. The summed E-state index contributed by atoms with van der Waals surface area (Å²) in [4.78, 5) is 0. The molecule has 0 radical (unpaired) electrons. The average Bonchev–Trinajstić information content (AvgIpc) is 2.68. The summed E-state index contributed by atoms with van der Waals surface area (Å²) in [5.41, 5.74) is 0. The molecule has 0 N–H and O–H groups in total. The van der Waals surface area contributed by atoms with Crippen molar-refractivity contribution in [1.29, 1.82) is 0 Å². The molecule has 0 bridgehead atoms. The Morgan fingerprint density at radius 3 is 1.17 bits per heavy atom. The van der Waals surface area contributed by atoms with Crippen LogP contribution in [0.25, 0.3) is 0 Å². The van der Waals surface area contributed by atoms with Crippen molar-refractivity contribution in [3.8, 4) is 0 Å². The van der Waals surface area contributed by atoms with Crippen molar-refractivity contribution >= 4 is 10.1 Å². The van der Waals surface area contributed by atoms with Gasteiger partial charge in [0, 0.05) is 12.8 Å². The lowest BCUT2D eigenvalue weighted by molar-refractivity contribution is -0.921. The molecule has 0 saturated heterocycles. The molecule has 0 spiro atoms. The predicted octanol–water partition coefficient (Wildman–Crippen LogP) is 6.28. The Morgan fingerprint density at radius 1 is 0.600 bits per heavy atom. The standard InChI is InChI=1S/C9H7F13O3S.C8H20N/c10-4(11,2-1-3-5(12,13)14)6(15,16)7(17,18)8(19,20)9(21,22)26(23,24)25;1-5-9(6-2,7-3)8-4/h1-3H2,(H,23,24,25);5-8H2,1-4H3/q;+1/p-1. The third-order valence-corrected chi connectivity index (χ3v) is 6.45. The lowest BCUT2D eigenvalue weighted by Crippen LogP contribution is -2.68. The Bertz CT molecular complexity index is 746. The van der Waals surface area contributed by atoms with E-state index in [1.807, 2.05) is 0 Å². The molecular weight excluding hydrogens is 545 g/mol. The molecule has 18 heteroatoms. The maximum absolute atomic E-state index is 13.1. The highest BCUT2D eigenvalue weighted by Crippen LogP contribution is 2.58. The summed E-state index contributed by atoms with van der Waals surface area (Å²) in [6.45, 7) is 14.2. The van der Waals surface area contributed by atoms with Gasteiger partial charge in [-0.3, -0.25) is 0 Å². The smallest absolute Gasteiger partial charge is 0.402 e. The Labute approximate surface area is 193 Å². The maximum Gasteiger partial charge on any atom is 0.402 e. The first-order valence-electron chi connectivity index (χ1n) is 9.96. The molecule has 0 fully saturated rings. The van der Waals surface area contributed by atoms with Crippen LogP contribution in [0.4, 0.5) is 57.1 Å². The molecule has 4 nitrogen and oxygen atoms in total. The second-order valence-electron chi connectivity index (χ2n) is 7.47. The first kappa shape index (κ1) is 36.1. The molecule has 0 saturated carbocycles.